The van der Waals surface area contributed by atoms with Gasteiger partial charge >= 0.3 is 5.97 Å². The first-order chi connectivity index (χ1) is 15.5. The van der Waals surface area contributed by atoms with Gasteiger partial charge in [0.15, 0.2) is 0 Å². The molecule has 0 N–H and O–H groups in total. The number of carbonyl (C=O) groups is 1. The summed E-state index contributed by atoms with van der Waals surface area (Å²) in [5.41, 5.74) is 3.06. The topological polar surface area (TPSA) is 44.1 Å². The van der Waals surface area contributed by atoms with E-state index in [1.807, 2.05) is 36.4 Å². The van der Waals surface area contributed by atoms with Crippen LogP contribution in [-0.4, -0.2) is 21.6 Å². The van der Waals surface area contributed by atoms with E-state index in [-0.39, 0.29) is 12.1 Å². The molecule has 3 aromatic rings. The molecule has 0 amide bonds. The molecule has 0 spiro atoms. The maximum atomic E-state index is 13.8. The lowest BCUT2D eigenvalue weighted by Crippen LogP contribution is -2.38. The predicted octanol–water partition coefficient (Wildman–Crippen LogP) is 6.39. The molecule has 0 radical (unpaired) electrons. The molecule has 4 rings (SSSR count). The number of para-hydroxylation sites is 2. The van der Waals surface area contributed by atoms with E-state index in [4.69, 9.17) is 9.72 Å². The molecule has 4 atom stereocenters. The van der Waals surface area contributed by atoms with Crippen molar-refractivity contribution < 1.29 is 9.53 Å². The summed E-state index contributed by atoms with van der Waals surface area (Å²) in [5, 5.41) is 0. The molecule has 1 aliphatic carbocycles. The van der Waals surface area contributed by atoms with Crippen LogP contribution in [0.2, 0.25) is 0 Å². The molecule has 1 saturated carbocycles. The lowest BCUT2D eigenvalue weighted by Gasteiger charge is -2.37. The van der Waals surface area contributed by atoms with Crippen LogP contribution in [0, 0.1) is 17.8 Å². The smallest absolute Gasteiger partial charge is 0.329 e. The van der Waals surface area contributed by atoms with E-state index in [9.17, 15) is 4.79 Å². The van der Waals surface area contributed by atoms with E-state index in [1.54, 1.807) is 0 Å². The third kappa shape index (κ3) is 4.74. The highest BCUT2D eigenvalue weighted by atomic mass is 16.5. The van der Waals surface area contributed by atoms with Crippen molar-refractivity contribution in [2.24, 2.45) is 17.8 Å². The molecule has 1 heterocycles. The molecular weight excluding hydrogens is 396 g/mol. The van der Waals surface area contributed by atoms with Crippen molar-refractivity contribution in [1.29, 1.82) is 0 Å². The third-order valence-electron chi connectivity index (χ3n) is 7.07. The molecule has 1 aliphatic rings. The molecule has 1 aromatic heterocycles. The number of benzene rings is 2. The number of hydrogen-bond acceptors (Lipinski definition) is 3. The highest BCUT2D eigenvalue weighted by molar-refractivity contribution is 5.81. The van der Waals surface area contributed by atoms with Crippen LogP contribution in [0.5, 0.6) is 0 Å². The molecular formula is C28H36N2O2. The summed E-state index contributed by atoms with van der Waals surface area (Å²) in [6.07, 6.45) is 4.66. The van der Waals surface area contributed by atoms with Gasteiger partial charge < -0.3 is 9.30 Å². The van der Waals surface area contributed by atoms with Crippen molar-refractivity contribution in [3.8, 4) is 0 Å². The van der Waals surface area contributed by atoms with Crippen molar-refractivity contribution in [3.05, 3.63) is 66.0 Å². The van der Waals surface area contributed by atoms with Gasteiger partial charge in [0.05, 0.1) is 11.0 Å². The van der Waals surface area contributed by atoms with Crippen LogP contribution < -0.4 is 0 Å². The van der Waals surface area contributed by atoms with Gasteiger partial charge in [-0.05, 0) is 48.3 Å². The zero-order valence-electron chi connectivity index (χ0n) is 19.8. The number of aryl methyl sites for hydroxylation is 1. The standard InChI is InChI=1S/C28H36N2O2/c1-5-27-29-23-13-9-10-14-24(23)30(27)25(18-21-11-7-6-8-12-21)28(31)32-26-17-20(4)15-16-22(26)19(2)3/h6-14,19-20,22,25-26H,5,15-18H2,1-4H3/t20?,22-,25+,26+/m0/s1. The summed E-state index contributed by atoms with van der Waals surface area (Å²) in [7, 11) is 0. The summed E-state index contributed by atoms with van der Waals surface area (Å²) in [5.74, 6) is 2.33. The SMILES string of the molecule is CCc1nc2ccccc2n1[C@H](Cc1ccccc1)C(=O)O[C@@H]1CC(C)CC[C@H]1C(C)C. The molecule has 1 fully saturated rings. The van der Waals surface area contributed by atoms with Crippen LogP contribution in [0.15, 0.2) is 54.6 Å². The Hall–Kier alpha value is -2.62. The van der Waals surface area contributed by atoms with Gasteiger partial charge in [-0.1, -0.05) is 76.6 Å². The fourth-order valence-corrected chi connectivity index (χ4v) is 5.29. The number of ether oxygens (including phenoxy) is 1. The van der Waals surface area contributed by atoms with E-state index < -0.39 is 6.04 Å². The summed E-state index contributed by atoms with van der Waals surface area (Å²) >= 11 is 0. The Morgan fingerprint density at radius 3 is 2.53 bits per heavy atom. The molecule has 4 nitrogen and oxygen atoms in total. The van der Waals surface area contributed by atoms with Crippen molar-refractivity contribution >= 4 is 17.0 Å². The Morgan fingerprint density at radius 1 is 1.09 bits per heavy atom. The monoisotopic (exact) mass is 432 g/mol. The highest BCUT2D eigenvalue weighted by Gasteiger charge is 2.36. The molecule has 1 unspecified atom stereocenters. The first-order valence-electron chi connectivity index (χ1n) is 12.2. The maximum absolute atomic E-state index is 13.8. The number of esters is 1. The average Bonchev–Trinajstić information content (AvgIpc) is 3.16. The number of aromatic nitrogens is 2. The van der Waals surface area contributed by atoms with Crippen LogP contribution in [0.1, 0.15) is 64.4 Å². The van der Waals surface area contributed by atoms with Crippen LogP contribution in [0.3, 0.4) is 0 Å². The normalized spacial score (nSPS) is 22.2. The molecule has 170 valence electrons. The van der Waals surface area contributed by atoms with Crippen molar-refractivity contribution in [3.63, 3.8) is 0 Å². The Kier molecular flexibility index (Phi) is 6.98. The number of nitrogens with zero attached hydrogens (tertiary/aromatic N) is 2. The van der Waals surface area contributed by atoms with Crippen LogP contribution in [0.25, 0.3) is 11.0 Å². The Morgan fingerprint density at radius 2 is 1.81 bits per heavy atom. The molecule has 32 heavy (non-hydrogen) atoms. The Balaban J connectivity index is 1.71. The summed E-state index contributed by atoms with van der Waals surface area (Å²) in [4.78, 5) is 18.7. The van der Waals surface area contributed by atoms with E-state index in [0.717, 1.165) is 41.7 Å². The number of imidazole rings is 1. The largest absolute Gasteiger partial charge is 0.461 e. The van der Waals surface area contributed by atoms with Gasteiger partial charge in [-0.2, -0.15) is 0 Å². The van der Waals surface area contributed by atoms with Gasteiger partial charge in [0.2, 0.25) is 0 Å². The number of fused-ring (bicyclic) bond motifs is 1. The zero-order chi connectivity index (χ0) is 22.7. The predicted molar refractivity (Wildman–Crippen MR) is 130 cm³/mol. The van der Waals surface area contributed by atoms with Gasteiger partial charge in [0, 0.05) is 12.8 Å². The average molecular weight is 433 g/mol. The third-order valence-corrected chi connectivity index (χ3v) is 7.07. The second-order valence-corrected chi connectivity index (χ2v) is 9.75. The molecule has 0 bridgehead atoms. The minimum atomic E-state index is -0.426. The van der Waals surface area contributed by atoms with Gasteiger partial charge in [-0.15, -0.1) is 0 Å². The highest BCUT2D eigenvalue weighted by Crippen LogP contribution is 2.36. The van der Waals surface area contributed by atoms with Gasteiger partial charge in [-0.3, -0.25) is 0 Å². The molecule has 2 aromatic carbocycles. The maximum Gasteiger partial charge on any atom is 0.329 e. The number of rotatable bonds is 7. The molecule has 0 saturated heterocycles. The van der Waals surface area contributed by atoms with Gasteiger partial charge in [0.25, 0.3) is 0 Å². The Labute approximate surface area is 192 Å². The Bertz CT molecular complexity index is 1040. The minimum absolute atomic E-state index is 0.00983. The second kappa shape index (κ2) is 9.89. The summed E-state index contributed by atoms with van der Waals surface area (Å²) in [6, 6.07) is 17.9. The molecule has 0 aliphatic heterocycles. The van der Waals surface area contributed by atoms with Crippen molar-refractivity contribution in [2.75, 3.05) is 0 Å². The summed E-state index contributed by atoms with van der Waals surface area (Å²) in [6.45, 7) is 8.88. The fourth-order valence-electron chi connectivity index (χ4n) is 5.29. The lowest BCUT2D eigenvalue weighted by molar-refractivity contribution is -0.160. The first-order valence-corrected chi connectivity index (χ1v) is 12.2. The van der Waals surface area contributed by atoms with Crippen LogP contribution >= 0.6 is 0 Å². The van der Waals surface area contributed by atoms with E-state index >= 15 is 0 Å². The quantitative estimate of drug-likeness (QED) is 0.407. The van der Waals surface area contributed by atoms with Gasteiger partial charge in [-0.25, -0.2) is 9.78 Å². The summed E-state index contributed by atoms with van der Waals surface area (Å²) < 4.78 is 8.48. The van der Waals surface area contributed by atoms with Crippen molar-refractivity contribution in [1.82, 2.24) is 9.55 Å². The second-order valence-electron chi connectivity index (χ2n) is 9.75. The van der Waals surface area contributed by atoms with E-state index in [2.05, 4.69) is 50.5 Å². The first kappa shape index (κ1) is 22.6. The van der Waals surface area contributed by atoms with Crippen LogP contribution in [0.4, 0.5) is 0 Å². The molecule has 4 heteroatoms. The number of carbonyl (C=O) groups excluding carboxylic acids is 1. The fraction of sp³-hybridized carbons (Fsp3) is 0.500. The lowest BCUT2D eigenvalue weighted by atomic mass is 9.75. The minimum Gasteiger partial charge on any atom is -0.461 e. The van der Waals surface area contributed by atoms with Crippen molar-refractivity contribution in [2.45, 2.75) is 71.9 Å². The van der Waals surface area contributed by atoms with Crippen LogP contribution in [-0.2, 0) is 22.4 Å². The van der Waals surface area contributed by atoms with E-state index in [0.29, 0.717) is 24.2 Å². The zero-order valence-corrected chi connectivity index (χ0v) is 19.8. The number of hydrogen-bond donors (Lipinski definition) is 0. The van der Waals surface area contributed by atoms with Gasteiger partial charge in [0.1, 0.15) is 18.0 Å². The van der Waals surface area contributed by atoms with E-state index in [1.165, 1.54) is 6.42 Å².